The van der Waals surface area contributed by atoms with Crippen molar-refractivity contribution in [3.05, 3.63) is 210 Å². The third-order valence-corrected chi connectivity index (χ3v) is 10.4. The lowest BCUT2D eigenvalue weighted by Crippen LogP contribution is -2.29. The maximum absolute atomic E-state index is 5.28. The number of nitrogens with zero attached hydrogens (tertiary/aromatic N) is 3. The second-order valence-electron chi connectivity index (χ2n) is 13.1. The number of fused-ring (bicyclic) bond motifs is 7. The molecule has 0 aliphatic heterocycles. The summed E-state index contributed by atoms with van der Waals surface area (Å²) in [4.78, 5) is 15.6. The smallest absolute Gasteiger partial charge is 0.164 e. The quantitative estimate of drug-likeness (QED) is 0.174. The van der Waals surface area contributed by atoms with E-state index < -0.39 is 5.41 Å². The van der Waals surface area contributed by atoms with Crippen molar-refractivity contribution in [3.8, 4) is 45.3 Å². The van der Waals surface area contributed by atoms with Crippen molar-refractivity contribution < 1.29 is 0 Å². The fourth-order valence-electron chi connectivity index (χ4n) is 8.25. The van der Waals surface area contributed by atoms with Crippen LogP contribution in [0, 0.1) is 0 Å². The Hall–Kier alpha value is -6.71. The van der Waals surface area contributed by atoms with Crippen LogP contribution in [0.25, 0.3) is 66.8 Å². The normalized spacial score (nSPS) is 12.9. The second kappa shape index (κ2) is 11.7. The Bertz CT molecular complexity index is 2630. The van der Waals surface area contributed by atoms with Gasteiger partial charge in [0.2, 0.25) is 0 Å². The highest BCUT2D eigenvalue weighted by Gasteiger charge is 2.48. The van der Waals surface area contributed by atoms with Gasteiger partial charge in [-0.15, -0.1) is 0 Å². The van der Waals surface area contributed by atoms with E-state index in [1.54, 1.807) is 0 Å². The molecule has 1 aliphatic rings. The molecule has 0 fully saturated rings. The van der Waals surface area contributed by atoms with Gasteiger partial charge in [0.25, 0.3) is 0 Å². The van der Waals surface area contributed by atoms with Gasteiger partial charge in [-0.3, -0.25) is 0 Å². The molecule has 0 amide bonds. The van der Waals surface area contributed by atoms with Crippen LogP contribution in [0.3, 0.4) is 0 Å². The first-order valence-corrected chi connectivity index (χ1v) is 17.4. The molecule has 0 atom stereocenters. The summed E-state index contributed by atoms with van der Waals surface area (Å²) in [5.74, 6) is 1.95. The zero-order chi connectivity index (χ0) is 33.8. The number of hydrogen-bond acceptors (Lipinski definition) is 3. The topological polar surface area (TPSA) is 38.7 Å². The van der Waals surface area contributed by atoms with Crippen LogP contribution in [0.4, 0.5) is 0 Å². The van der Waals surface area contributed by atoms with Crippen LogP contribution < -0.4 is 0 Å². The van der Waals surface area contributed by atoms with Crippen LogP contribution in [-0.2, 0) is 5.41 Å². The fraction of sp³-hybridized carbons (Fsp3) is 0.0208. The molecule has 1 aromatic heterocycles. The van der Waals surface area contributed by atoms with Gasteiger partial charge < -0.3 is 0 Å². The third-order valence-electron chi connectivity index (χ3n) is 10.4. The highest BCUT2D eigenvalue weighted by Crippen LogP contribution is 2.60. The van der Waals surface area contributed by atoms with Gasteiger partial charge in [-0.05, 0) is 54.9 Å². The average molecular weight is 650 g/mol. The van der Waals surface area contributed by atoms with E-state index in [1.165, 1.54) is 54.9 Å². The lowest BCUT2D eigenvalue weighted by Gasteiger charge is -2.35. The van der Waals surface area contributed by atoms with Crippen LogP contribution in [-0.4, -0.2) is 15.0 Å². The predicted molar refractivity (Wildman–Crippen MR) is 208 cm³/mol. The van der Waals surface area contributed by atoms with Gasteiger partial charge in [0.05, 0.1) is 5.41 Å². The van der Waals surface area contributed by atoms with E-state index in [1.807, 2.05) is 36.4 Å². The molecule has 9 aromatic rings. The van der Waals surface area contributed by atoms with Crippen LogP contribution >= 0.6 is 0 Å². The van der Waals surface area contributed by atoms with Gasteiger partial charge in [0.15, 0.2) is 17.5 Å². The number of rotatable bonds is 5. The summed E-state index contributed by atoms with van der Waals surface area (Å²) < 4.78 is 0. The van der Waals surface area contributed by atoms with E-state index in [0.717, 1.165) is 16.7 Å². The van der Waals surface area contributed by atoms with Gasteiger partial charge >= 0.3 is 0 Å². The van der Waals surface area contributed by atoms with E-state index in [-0.39, 0.29) is 0 Å². The van der Waals surface area contributed by atoms with Crippen LogP contribution in [0.1, 0.15) is 22.3 Å². The lowest BCUT2D eigenvalue weighted by molar-refractivity contribution is 0.769. The molecular formula is C48H31N3. The summed E-state index contributed by atoms with van der Waals surface area (Å²) in [6.07, 6.45) is 0. The molecule has 0 saturated carbocycles. The molecule has 1 heterocycles. The van der Waals surface area contributed by atoms with Crippen molar-refractivity contribution in [2.45, 2.75) is 5.41 Å². The standard InChI is InChI=1S/C48H31N3/c1-5-17-34(18-6-1)45-49-46(35-19-7-2-8-20-35)51-47(50-45)40-27-15-26-39-43-41(31-30-33-29-28-32-16-13-14-25-38(32)42(33)43)48(44(39)40,36-21-9-3-10-22-36)37-23-11-4-12-24-37/h1-31H. The van der Waals surface area contributed by atoms with E-state index in [9.17, 15) is 0 Å². The van der Waals surface area contributed by atoms with Crippen molar-refractivity contribution in [3.63, 3.8) is 0 Å². The molecule has 3 nitrogen and oxygen atoms in total. The molecule has 0 saturated heterocycles. The molecule has 0 radical (unpaired) electrons. The minimum Gasteiger partial charge on any atom is -0.208 e. The summed E-state index contributed by atoms with van der Waals surface area (Å²) in [6.45, 7) is 0. The Morgan fingerprint density at radius 1 is 0.353 bits per heavy atom. The van der Waals surface area contributed by atoms with Gasteiger partial charge in [-0.25, -0.2) is 15.0 Å². The Labute approximate surface area is 296 Å². The van der Waals surface area contributed by atoms with Crippen molar-refractivity contribution >= 4 is 21.5 Å². The third kappa shape index (κ3) is 4.48. The number of benzene rings is 8. The van der Waals surface area contributed by atoms with Crippen LogP contribution in [0.5, 0.6) is 0 Å². The zero-order valence-electron chi connectivity index (χ0n) is 27.7. The van der Waals surface area contributed by atoms with Crippen molar-refractivity contribution in [2.24, 2.45) is 0 Å². The average Bonchev–Trinajstić information content (AvgIpc) is 3.53. The first-order valence-electron chi connectivity index (χ1n) is 17.4. The number of aromatic nitrogens is 3. The Balaban J connectivity index is 1.38. The molecule has 1 aliphatic carbocycles. The summed E-state index contributed by atoms with van der Waals surface area (Å²) >= 11 is 0. The SMILES string of the molecule is c1ccc(-c2nc(-c3ccccc3)nc(-c3cccc4c3C(c3ccccc3)(c3ccccc3)c3ccc5ccc6ccccc6c5c3-4)n2)cc1. The summed E-state index contributed by atoms with van der Waals surface area (Å²) in [7, 11) is 0. The highest BCUT2D eigenvalue weighted by atomic mass is 15.0. The predicted octanol–water partition coefficient (Wildman–Crippen LogP) is 11.5. The van der Waals surface area contributed by atoms with Crippen molar-refractivity contribution in [2.75, 3.05) is 0 Å². The lowest BCUT2D eigenvalue weighted by atomic mass is 9.66. The van der Waals surface area contributed by atoms with Crippen LogP contribution in [0.2, 0.25) is 0 Å². The van der Waals surface area contributed by atoms with Gasteiger partial charge in [-0.2, -0.15) is 0 Å². The molecule has 238 valence electrons. The molecule has 3 heteroatoms. The monoisotopic (exact) mass is 649 g/mol. The summed E-state index contributed by atoms with van der Waals surface area (Å²) in [6, 6.07) is 66.9. The Kier molecular flexibility index (Phi) is 6.71. The molecule has 0 unspecified atom stereocenters. The summed E-state index contributed by atoms with van der Waals surface area (Å²) in [5, 5.41) is 4.96. The molecule has 51 heavy (non-hydrogen) atoms. The minimum atomic E-state index is -0.651. The largest absolute Gasteiger partial charge is 0.208 e. The van der Waals surface area contributed by atoms with Crippen molar-refractivity contribution in [1.82, 2.24) is 15.0 Å². The Morgan fingerprint density at radius 2 is 0.843 bits per heavy atom. The minimum absolute atomic E-state index is 0.647. The second-order valence-corrected chi connectivity index (χ2v) is 13.1. The molecular weight excluding hydrogens is 619 g/mol. The molecule has 0 N–H and O–H groups in total. The maximum Gasteiger partial charge on any atom is 0.164 e. The number of hydrogen-bond donors (Lipinski definition) is 0. The maximum atomic E-state index is 5.28. The molecule has 10 rings (SSSR count). The first kappa shape index (κ1) is 29.2. The molecule has 0 bridgehead atoms. The molecule has 8 aromatic carbocycles. The van der Waals surface area contributed by atoms with Gasteiger partial charge in [0, 0.05) is 16.7 Å². The highest BCUT2D eigenvalue weighted by molar-refractivity contribution is 6.17. The van der Waals surface area contributed by atoms with E-state index in [4.69, 9.17) is 15.0 Å². The summed E-state index contributed by atoms with van der Waals surface area (Å²) in [5.41, 5.74) is 9.52. The Morgan fingerprint density at radius 3 is 1.47 bits per heavy atom. The van der Waals surface area contributed by atoms with E-state index in [2.05, 4.69) is 152 Å². The van der Waals surface area contributed by atoms with E-state index >= 15 is 0 Å². The zero-order valence-corrected chi connectivity index (χ0v) is 27.7. The fourth-order valence-corrected chi connectivity index (χ4v) is 8.25. The van der Waals surface area contributed by atoms with Gasteiger partial charge in [0.1, 0.15) is 0 Å². The first-order chi connectivity index (χ1) is 25.3. The molecule has 0 spiro atoms. The van der Waals surface area contributed by atoms with Crippen LogP contribution in [0.15, 0.2) is 188 Å². The van der Waals surface area contributed by atoms with Gasteiger partial charge in [-0.1, -0.05) is 188 Å². The van der Waals surface area contributed by atoms with E-state index in [0.29, 0.717) is 17.5 Å². The van der Waals surface area contributed by atoms with Crippen molar-refractivity contribution in [1.29, 1.82) is 0 Å².